The van der Waals surface area contributed by atoms with Gasteiger partial charge in [0.15, 0.2) is 0 Å². The van der Waals surface area contributed by atoms with Crippen molar-refractivity contribution in [2.24, 2.45) is 0 Å². The average molecular weight is 275 g/mol. The third-order valence-electron chi connectivity index (χ3n) is 3.11. The van der Waals surface area contributed by atoms with Crippen LogP contribution in [0.3, 0.4) is 0 Å². The van der Waals surface area contributed by atoms with Crippen LogP contribution in [0.1, 0.15) is 5.56 Å². The van der Waals surface area contributed by atoms with Crippen molar-refractivity contribution < 1.29 is 9.13 Å². The molecule has 0 radical (unpaired) electrons. The van der Waals surface area contributed by atoms with Crippen LogP contribution >= 0.6 is 11.8 Å². The fraction of sp³-hybridized carbons (Fsp3) is 0.200. The molecule has 2 aromatic carbocycles. The number of nitrogen functional groups attached to an aromatic ring is 1. The normalized spacial score (nSPS) is 17.0. The summed E-state index contributed by atoms with van der Waals surface area (Å²) >= 11 is 1.68. The summed E-state index contributed by atoms with van der Waals surface area (Å²) in [7, 11) is 0. The fourth-order valence-corrected chi connectivity index (χ4v) is 3.14. The lowest BCUT2D eigenvalue weighted by molar-refractivity contribution is 0.259. The van der Waals surface area contributed by atoms with Crippen LogP contribution < -0.4 is 10.5 Å². The quantitative estimate of drug-likeness (QED) is 0.688. The summed E-state index contributed by atoms with van der Waals surface area (Å²) in [5.74, 6) is 1.40. The van der Waals surface area contributed by atoms with Gasteiger partial charge in [-0.1, -0.05) is 12.1 Å². The first-order valence-electron chi connectivity index (χ1n) is 6.15. The van der Waals surface area contributed by atoms with Crippen LogP contribution in [-0.4, -0.2) is 11.9 Å². The Morgan fingerprint density at radius 1 is 1.26 bits per heavy atom. The highest BCUT2D eigenvalue weighted by Gasteiger charge is 2.23. The number of rotatable bonds is 3. The summed E-state index contributed by atoms with van der Waals surface area (Å²) in [5, 5.41) is 0. The van der Waals surface area contributed by atoms with Gasteiger partial charge in [0.05, 0.1) is 0 Å². The summed E-state index contributed by atoms with van der Waals surface area (Å²) in [6, 6.07) is 12.5. The van der Waals surface area contributed by atoms with Crippen molar-refractivity contribution in [1.29, 1.82) is 0 Å². The van der Waals surface area contributed by atoms with E-state index in [2.05, 4.69) is 0 Å². The van der Waals surface area contributed by atoms with Crippen molar-refractivity contribution >= 4 is 17.4 Å². The topological polar surface area (TPSA) is 35.2 Å². The average Bonchev–Trinajstić information content (AvgIpc) is 2.79. The lowest BCUT2D eigenvalue weighted by Gasteiger charge is -2.11. The first-order valence-corrected chi connectivity index (χ1v) is 7.13. The summed E-state index contributed by atoms with van der Waals surface area (Å²) in [4.78, 5) is 1.06. The van der Waals surface area contributed by atoms with Crippen molar-refractivity contribution in [3.05, 3.63) is 53.8 Å². The van der Waals surface area contributed by atoms with E-state index in [1.165, 1.54) is 6.07 Å². The summed E-state index contributed by atoms with van der Waals surface area (Å²) in [5.41, 5.74) is 7.63. The Balaban J connectivity index is 1.63. The molecule has 1 aliphatic rings. The third kappa shape index (κ3) is 2.68. The van der Waals surface area contributed by atoms with Gasteiger partial charge in [0.25, 0.3) is 0 Å². The van der Waals surface area contributed by atoms with Gasteiger partial charge in [0.2, 0.25) is 0 Å². The van der Waals surface area contributed by atoms with E-state index >= 15 is 0 Å². The molecule has 0 saturated heterocycles. The van der Waals surface area contributed by atoms with E-state index < -0.39 is 0 Å². The van der Waals surface area contributed by atoms with Gasteiger partial charge in [-0.15, -0.1) is 11.8 Å². The minimum absolute atomic E-state index is 0.0846. The second-order valence-electron chi connectivity index (χ2n) is 4.54. The molecule has 1 heterocycles. The minimum atomic E-state index is -0.206. The number of fused-ring (bicyclic) bond motifs is 1. The number of halogens is 1. The van der Waals surface area contributed by atoms with E-state index in [-0.39, 0.29) is 11.9 Å². The molecule has 0 aliphatic carbocycles. The molecule has 1 atom stereocenters. The fourth-order valence-electron chi connectivity index (χ4n) is 2.18. The summed E-state index contributed by atoms with van der Waals surface area (Å²) < 4.78 is 18.9. The number of nitrogens with two attached hydrogens (primary N) is 1. The second kappa shape index (κ2) is 5.13. The molecule has 0 spiro atoms. The Labute approximate surface area is 115 Å². The number of para-hydroxylation sites is 1. The van der Waals surface area contributed by atoms with Gasteiger partial charge < -0.3 is 10.5 Å². The SMILES string of the molecule is Nc1ccccc1SCC1Cc2cc(F)ccc2O1. The predicted molar refractivity (Wildman–Crippen MR) is 76.1 cm³/mol. The maximum atomic E-state index is 13.1. The number of ether oxygens (including phenoxy) is 1. The minimum Gasteiger partial charge on any atom is -0.489 e. The van der Waals surface area contributed by atoms with Crippen molar-refractivity contribution in [1.82, 2.24) is 0 Å². The molecule has 0 saturated carbocycles. The lowest BCUT2D eigenvalue weighted by atomic mass is 10.1. The van der Waals surface area contributed by atoms with Crippen LogP contribution in [0.5, 0.6) is 5.75 Å². The molecular formula is C15H14FNOS. The van der Waals surface area contributed by atoms with E-state index in [0.29, 0.717) is 0 Å². The molecule has 2 aromatic rings. The zero-order chi connectivity index (χ0) is 13.2. The van der Waals surface area contributed by atoms with Gasteiger partial charge in [-0.2, -0.15) is 0 Å². The van der Waals surface area contributed by atoms with Crippen LogP contribution in [0.25, 0.3) is 0 Å². The van der Waals surface area contributed by atoms with Crippen molar-refractivity contribution in [2.45, 2.75) is 17.4 Å². The van der Waals surface area contributed by atoms with E-state index in [4.69, 9.17) is 10.5 Å². The number of thioether (sulfide) groups is 1. The highest BCUT2D eigenvalue weighted by molar-refractivity contribution is 7.99. The molecule has 19 heavy (non-hydrogen) atoms. The number of hydrogen-bond donors (Lipinski definition) is 1. The Hall–Kier alpha value is -1.68. The Morgan fingerprint density at radius 3 is 2.95 bits per heavy atom. The molecule has 4 heteroatoms. The largest absolute Gasteiger partial charge is 0.489 e. The number of benzene rings is 2. The summed E-state index contributed by atoms with van der Waals surface area (Å²) in [6.07, 6.45) is 0.841. The molecule has 0 fully saturated rings. The third-order valence-corrected chi connectivity index (χ3v) is 4.33. The summed E-state index contributed by atoms with van der Waals surface area (Å²) in [6.45, 7) is 0. The Morgan fingerprint density at radius 2 is 2.11 bits per heavy atom. The van der Waals surface area contributed by atoms with E-state index in [1.807, 2.05) is 24.3 Å². The molecule has 1 aliphatic heterocycles. The Bertz CT molecular complexity index is 602. The number of anilines is 1. The number of hydrogen-bond acceptors (Lipinski definition) is 3. The molecule has 3 rings (SSSR count). The first kappa shape index (κ1) is 12.4. The van der Waals surface area contributed by atoms with Gasteiger partial charge in [-0.05, 0) is 30.3 Å². The van der Waals surface area contributed by atoms with Crippen molar-refractivity contribution in [2.75, 3.05) is 11.5 Å². The van der Waals surface area contributed by atoms with Gasteiger partial charge >= 0.3 is 0 Å². The maximum Gasteiger partial charge on any atom is 0.123 e. The molecule has 1 unspecified atom stereocenters. The van der Waals surface area contributed by atoms with Gasteiger partial charge in [0.1, 0.15) is 17.7 Å². The zero-order valence-corrected chi connectivity index (χ0v) is 11.1. The molecule has 2 nitrogen and oxygen atoms in total. The van der Waals surface area contributed by atoms with Crippen LogP contribution in [-0.2, 0) is 6.42 Å². The standard InChI is InChI=1S/C15H14FNOS/c16-11-5-6-14-10(7-11)8-12(18-14)9-19-15-4-2-1-3-13(15)17/h1-7,12H,8-9,17H2. The van der Waals surface area contributed by atoms with Crippen molar-refractivity contribution in [3.63, 3.8) is 0 Å². The molecule has 0 amide bonds. The highest BCUT2D eigenvalue weighted by atomic mass is 32.2. The Kier molecular flexibility index (Phi) is 3.34. The molecular weight excluding hydrogens is 261 g/mol. The van der Waals surface area contributed by atoms with Crippen LogP contribution in [0.4, 0.5) is 10.1 Å². The van der Waals surface area contributed by atoms with Crippen LogP contribution in [0.2, 0.25) is 0 Å². The molecule has 0 aromatic heterocycles. The first-order chi connectivity index (χ1) is 9.22. The molecule has 0 bridgehead atoms. The van der Waals surface area contributed by atoms with E-state index in [0.717, 1.165) is 34.1 Å². The monoisotopic (exact) mass is 275 g/mol. The van der Waals surface area contributed by atoms with Gasteiger partial charge in [0, 0.05) is 28.3 Å². The van der Waals surface area contributed by atoms with Crippen LogP contribution in [0.15, 0.2) is 47.4 Å². The van der Waals surface area contributed by atoms with Gasteiger partial charge in [-0.25, -0.2) is 4.39 Å². The molecule has 98 valence electrons. The predicted octanol–water partition coefficient (Wildman–Crippen LogP) is 3.50. The van der Waals surface area contributed by atoms with Crippen molar-refractivity contribution in [3.8, 4) is 5.75 Å². The van der Waals surface area contributed by atoms with E-state index in [1.54, 1.807) is 23.9 Å². The lowest BCUT2D eigenvalue weighted by Crippen LogP contribution is -2.15. The highest BCUT2D eigenvalue weighted by Crippen LogP contribution is 2.33. The smallest absolute Gasteiger partial charge is 0.123 e. The molecule has 2 N–H and O–H groups in total. The zero-order valence-electron chi connectivity index (χ0n) is 10.3. The van der Waals surface area contributed by atoms with E-state index in [9.17, 15) is 4.39 Å². The second-order valence-corrected chi connectivity index (χ2v) is 5.61. The maximum absolute atomic E-state index is 13.1. The van der Waals surface area contributed by atoms with Crippen LogP contribution in [0, 0.1) is 5.82 Å². The van der Waals surface area contributed by atoms with Gasteiger partial charge in [-0.3, -0.25) is 0 Å².